The quantitative estimate of drug-likeness (QED) is 0.590. The molecule has 3 aromatic rings. The normalized spacial score (nSPS) is 14.5. The Kier molecular flexibility index (Phi) is 5.31. The van der Waals surface area contributed by atoms with Gasteiger partial charge in [-0.05, 0) is 69.7 Å². The molecule has 0 fully saturated rings. The van der Waals surface area contributed by atoms with Crippen molar-refractivity contribution in [2.75, 3.05) is 12.4 Å². The molecular weight excluding hydrogens is 412 g/mol. The lowest BCUT2D eigenvalue weighted by atomic mass is 9.92. The van der Waals surface area contributed by atoms with Gasteiger partial charge in [0.25, 0.3) is 5.91 Å². The van der Waals surface area contributed by atoms with E-state index in [1.54, 1.807) is 25.3 Å². The monoisotopic (exact) mass is 436 g/mol. The maximum absolute atomic E-state index is 12.8. The maximum Gasteiger partial charge on any atom is 0.257 e. The fourth-order valence-electron chi connectivity index (χ4n) is 3.71. The van der Waals surface area contributed by atoms with Crippen LogP contribution in [0.2, 0.25) is 0 Å². The van der Waals surface area contributed by atoms with E-state index in [1.165, 1.54) is 11.3 Å². The van der Waals surface area contributed by atoms with Gasteiger partial charge in [0.1, 0.15) is 17.1 Å². The van der Waals surface area contributed by atoms with Gasteiger partial charge in [0.15, 0.2) is 10.9 Å². The number of benzene rings is 2. The summed E-state index contributed by atoms with van der Waals surface area (Å²) in [6, 6.07) is 10.8. The number of carbonyl (C=O) groups is 2. The number of hydrogen-bond acceptors (Lipinski definition) is 6. The van der Waals surface area contributed by atoms with Crippen molar-refractivity contribution in [2.24, 2.45) is 0 Å². The minimum absolute atomic E-state index is 0.0249. The molecule has 6 nitrogen and oxygen atoms in total. The number of fused-ring (bicyclic) bond motifs is 1. The van der Waals surface area contributed by atoms with Gasteiger partial charge in [-0.3, -0.25) is 14.9 Å². The SMILES string of the molecule is COc1ccc(-c2nc(NC(=O)c3ccc4c(c3)C(=O)CC(C)(C)O4)sc2C)cc1C. The summed E-state index contributed by atoms with van der Waals surface area (Å²) in [6.07, 6.45) is 0.279. The van der Waals surface area contributed by atoms with Gasteiger partial charge < -0.3 is 9.47 Å². The maximum atomic E-state index is 12.8. The predicted molar refractivity (Wildman–Crippen MR) is 122 cm³/mol. The Balaban J connectivity index is 1.56. The van der Waals surface area contributed by atoms with Gasteiger partial charge in [-0.1, -0.05) is 0 Å². The number of ketones is 1. The average Bonchev–Trinajstić information content (AvgIpc) is 3.06. The minimum atomic E-state index is -0.539. The molecule has 0 bridgehead atoms. The van der Waals surface area contributed by atoms with Crippen LogP contribution in [0.4, 0.5) is 5.13 Å². The molecule has 0 radical (unpaired) electrons. The predicted octanol–water partition coefficient (Wildman–Crippen LogP) is 5.43. The van der Waals surface area contributed by atoms with Gasteiger partial charge in [0.2, 0.25) is 0 Å². The van der Waals surface area contributed by atoms with E-state index in [-0.39, 0.29) is 18.1 Å². The number of methoxy groups -OCH3 is 1. The van der Waals surface area contributed by atoms with Crippen molar-refractivity contribution in [2.45, 2.75) is 39.7 Å². The van der Waals surface area contributed by atoms with Crippen molar-refractivity contribution in [3.05, 3.63) is 58.0 Å². The molecular formula is C24H24N2O4S. The van der Waals surface area contributed by atoms with E-state index in [9.17, 15) is 9.59 Å². The number of nitrogens with one attached hydrogen (secondary N) is 1. The second kappa shape index (κ2) is 7.81. The zero-order valence-electron chi connectivity index (χ0n) is 18.2. The summed E-state index contributed by atoms with van der Waals surface area (Å²) in [7, 11) is 1.64. The van der Waals surface area contributed by atoms with Gasteiger partial charge >= 0.3 is 0 Å². The number of anilines is 1. The summed E-state index contributed by atoms with van der Waals surface area (Å²) >= 11 is 1.41. The number of thiazole rings is 1. The van der Waals surface area contributed by atoms with E-state index in [0.29, 0.717) is 22.0 Å². The standard InChI is InChI=1S/C24H24N2O4S/c1-13-10-15(6-8-19(13)29-5)21-14(2)31-23(25-21)26-22(28)16-7-9-20-17(11-16)18(27)12-24(3,4)30-20/h6-11H,12H2,1-5H3,(H,25,26,28). The smallest absolute Gasteiger partial charge is 0.257 e. The lowest BCUT2D eigenvalue weighted by Crippen LogP contribution is -2.36. The largest absolute Gasteiger partial charge is 0.496 e. The van der Waals surface area contributed by atoms with Crippen molar-refractivity contribution in [1.29, 1.82) is 0 Å². The van der Waals surface area contributed by atoms with Crippen LogP contribution in [0, 0.1) is 13.8 Å². The van der Waals surface area contributed by atoms with Crippen molar-refractivity contribution < 1.29 is 19.1 Å². The van der Waals surface area contributed by atoms with E-state index in [1.807, 2.05) is 45.9 Å². The molecule has 0 spiro atoms. The zero-order valence-corrected chi connectivity index (χ0v) is 19.0. The van der Waals surface area contributed by atoms with Crippen LogP contribution in [0.15, 0.2) is 36.4 Å². The van der Waals surface area contributed by atoms with Gasteiger partial charge in [0.05, 0.1) is 24.8 Å². The lowest BCUT2D eigenvalue weighted by molar-refractivity contribution is 0.0620. The third-order valence-corrected chi connectivity index (χ3v) is 6.09. The molecule has 2 heterocycles. The molecule has 0 unspecified atom stereocenters. The van der Waals surface area contributed by atoms with Gasteiger partial charge in [-0.2, -0.15) is 0 Å². The second-order valence-electron chi connectivity index (χ2n) is 8.23. The molecule has 1 aliphatic rings. The van der Waals surface area contributed by atoms with Gasteiger partial charge in [0, 0.05) is 16.0 Å². The Labute approximate surface area is 185 Å². The average molecular weight is 437 g/mol. The van der Waals surface area contributed by atoms with Crippen molar-refractivity contribution >= 4 is 28.2 Å². The number of hydrogen-bond donors (Lipinski definition) is 1. The first kappa shape index (κ1) is 21.1. The molecule has 1 amide bonds. The summed E-state index contributed by atoms with van der Waals surface area (Å²) in [5.74, 6) is 0.995. The van der Waals surface area contributed by atoms with Crippen LogP contribution in [-0.4, -0.2) is 29.4 Å². The molecule has 4 rings (SSSR count). The number of rotatable bonds is 4. The summed E-state index contributed by atoms with van der Waals surface area (Å²) in [4.78, 5) is 30.9. The van der Waals surface area contributed by atoms with Crippen LogP contribution in [0.1, 0.15) is 51.4 Å². The molecule has 0 saturated carbocycles. The number of aryl methyl sites for hydroxylation is 2. The second-order valence-corrected chi connectivity index (χ2v) is 9.44. The Morgan fingerprint density at radius 3 is 2.68 bits per heavy atom. The first-order valence-corrected chi connectivity index (χ1v) is 10.8. The van der Waals surface area contributed by atoms with Crippen LogP contribution in [0.3, 0.4) is 0 Å². The van der Waals surface area contributed by atoms with Crippen LogP contribution >= 0.6 is 11.3 Å². The zero-order chi connectivity index (χ0) is 22.3. The topological polar surface area (TPSA) is 77.5 Å². The summed E-state index contributed by atoms with van der Waals surface area (Å²) in [5.41, 5.74) is 3.10. The molecule has 31 heavy (non-hydrogen) atoms. The Morgan fingerprint density at radius 2 is 1.97 bits per heavy atom. The Morgan fingerprint density at radius 1 is 1.19 bits per heavy atom. The highest BCUT2D eigenvalue weighted by Gasteiger charge is 2.32. The van der Waals surface area contributed by atoms with Crippen LogP contribution < -0.4 is 14.8 Å². The van der Waals surface area contributed by atoms with Gasteiger partial charge in [-0.15, -0.1) is 11.3 Å². The molecule has 1 N–H and O–H groups in total. The molecule has 7 heteroatoms. The van der Waals surface area contributed by atoms with E-state index in [2.05, 4.69) is 10.3 Å². The fraction of sp³-hybridized carbons (Fsp3) is 0.292. The first-order chi connectivity index (χ1) is 14.7. The van der Waals surface area contributed by atoms with E-state index < -0.39 is 5.60 Å². The minimum Gasteiger partial charge on any atom is -0.496 e. The third-order valence-electron chi connectivity index (χ3n) is 5.20. The summed E-state index contributed by atoms with van der Waals surface area (Å²) < 4.78 is 11.2. The highest BCUT2D eigenvalue weighted by atomic mass is 32.1. The summed E-state index contributed by atoms with van der Waals surface area (Å²) in [6.45, 7) is 7.70. The van der Waals surface area contributed by atoms with Crippen LogP contribution in [-0.2, 0) is 0 Å². The van der Waals surface area contributed by atoms with E-state index in [0.717, 1.165) is 27.4 Å². The number of carbonyl (C=O) groups excluding carboxylic acids is 2. The van der Waals surface area contributed by atoms with Crippen molar-refractivity contribution in [3.8, 4) is 22.8 Å². The number of nitrogens with zero attached hydrogens (tertiary/aromatic N) is 1. The van der Waals surface area contributed by atoms with Crippen LogP contribution in [0.25, 0.3) is 11.3 Å². The molecule has 160 valence electrons. The highest BCUT2D eigenvalue weighted by Crippen LogP contribution is 2.35. The first-order valence-electron chi connectivity index (χ1n) is 9.97. The van der Waals surface area contributed by atoms with Crippen molar-refractivity contribution in [3.63, 3.8) is 0 Å². The van der Waals surface area contributed by atoms with E-state index in [4.69, 9.17) is 9.47 Å². The number of ether oxygens (including phenoxy) is 2. The molecule has 0 aliphatic carbocycles. The Hall–Kier alpha value is -3.19. The third kappa shape index (κ3) is 4.18. The summed E-state index contributed by atoms with van der Waals surface area (Å²) in [5, 5.41) is 3.36. The molecule has 1 aliphatic heterocycles. The fourth-order valence-corrected chi connectivity index (χ4v) is 4.54. The number of aromatic nitrogens is 1. The van der Waals surface area contributed by atoms with Gasteiger partial charge in [-0.25, -0.2) is 4.98 Å². The number of amides is 1. The molecule has 1 aromatic heterocycles. The van der Waals surface area contributed by atoms with Crippen molar-refractivity contribution in [1.82, 2.24) is 4.98 Å². The number of Topliss-reactive ketones (excluding diaryl/α,β-unsaturated/α-hetero) is 1. The van der Waals surface area contributed by atoms with Crippen LogP contribution in [0.5, 0.6) is 11.5 Å². The Bertz CT molecular complexity index is 1200. The molecule has 0 saturated heterocycles. The molecule has 2 aromatic carbocycles. The van der Waals surface area contributed by atoms with E-state index >= 15 is 0 Å². The molecule has 0 atom stereocenters. The highest BCUT2D eigenvalue weighted by molar-refractivity contribution is 7.16. The lowest BCUT2D eigenvalue weighted by Gasteiger charge is -2.31.